The first-order chi connectivity index (χ1) is 11.1. The van der Waals surface area contributed by atoms with Crippen molar-refractivity contribution in [2.24, 2.45) is 0 Å². The lowest BCUT2D eigenvalue weighted by Gasteiger charge is -2.11. The van der Waals surface area contributed by atoms with E-state index in [1.54, 1.807) is 37.3 Å². The van der Waals surface area contributed by atoms with Gasteiger partial charge >= 0.3 is 5.97 Å². The van der Waals surface area contributed by atoms with Gasteiger partial charge in [-0.15, -0.1) is 0 Å². The fourth-order valence-electron chi connectivity index (χ4n) is 1.63. The molecule has 1 aromatic rings. The SMILES string of the molecule is C=CCOc1ccccc1C(=O)NNC(=O)CCC(=O)OCC. The Morgan fingerprint density at radius 3 is 2.61 bits per heavy atom. The minimum absolute atomic E-state index is 0.0470. The maximum atomic E-state index is 12.1. The van der Waals surface area contributed by atoms with Crippen molar-refractivity contribution < 1.29 is 23.9 Å². The van der Waals surface area contributed by atoms with E-state index in [9.17, 15) is 14.4 Å². The van der Waals surface area contributed by atoms with Gasteiger partial charge in [-0.1, -0.05) is 24.8 Å². The summed E-state index contributed by atoms with van der Waals surface area (Å²) in [6, 6.07) is 6.62. The van der Waals surface area contributed by atoms with Crippen LogP contribution in [0.15, 0.2) is 36.9 Å². The van der Waals surface area contributed by atoms with Crippen LogP contribution in [0.3, 0.4) is 0 Å². The Kier molecular flexibility index (Phi) is 7.91. The van der Waals surface area contributed by atoms with Gasteiger partial charge in [0.25, 0.3) is 5.91 Å². The summed E-state index contributed by atoms with van der Waals surface area (Å²) < 4.78 is 10.1. The lowest BCUT2D eigenvalue weighted by Crippen LogP contribution is -2.41. The van der Waals surface area contributed by atoms with Crippen molar-refractivity contribution in [3.05, 3.63) is 42.5 Å². The van der Waals surface area contributed by atoms with E-state index >= 15 is 0 Å². The summed E-state index contributed by atoms with van der Waals surface area (Å²) in [4.78, 5) is 34.8. The monoisotopic (exact) mass is 320 g/mol. The Morgan fingerprint density at radius 2 is 1.91 bits per heavy atom. The average Bonchev–Trinajstić information content (AvgIpc) is 2.56. The number of carbonyl (C=O) groups is 3. The average molecular weight is 320 g/mol. The number of benzene rings is 1. The minimum atomic E-state index is -0.519. The van der Waals surface area contributed by atoms with E-state index in [2.05, 4.69) is 17.4 Å². The molecule has 7 nitrogen and oxygen atoms in total. The first-order valence-corrected chi connectivity index (χ1v) is 7.16. The molecule has 0 aliphatic rings. The fraction of sp³-hybridized carbons (Fsp3) is 0.312. The Balaban J connectivity index is 2.49. The third kappa shape index (κ3) is 6.64. The second-order valence-corrected chi connectivity index (χ2v) is 4.40. The number of hydrogen-bond acceptors (Lipinski definition) is 5. The molecule has 0 unspecified atom stereocenters. The number of hydrazine groups is 1. The molecule has 0 bridgehead atoms. The number of hydrogen-bond donors (Lipinski definition) is 2. The molecule has 23 heavy (non-hydrogen) atoms. The minimum Gasteiger partial charge on any atom is -0.489 e. The van der Waals surface area contributed by atoms with Crippen LogP contribution < -0.4 is 15.6 Å². The molecule has 1 aromatic carbocycles. The first kappa shape index (κ1) is 18.2. The van der Waals surface area contributed by atoms with Crippen LogP contribution in [-0.2, 0) is 14.3 Å². The van der Waals surface area contributed by atoms with Gasteiger partial charge in [0.15, 0.2) is 0 Å². The van der Waals surface area contributed by atoms with Gasteiger partial charge in [0.1, 0.15) is 12.4 Å². The van der Waals surface area contributed by atoms with Gasteiger partial charge in [0.2, 0.25) is 5.91 Å². The Bertz CT molecular complexity index is 571. The maximum Gasteiger partial charge on any atom is 0.306 e. The van der Waals surface area contributed by atoms with E-state index in [4.69, 9.17) is 9.47 Å². The third-order valence-corrected chi connectivity index (χ3v) is 2.67. The summed E-state index contributed by atoms with van der Waals surface area (Å²) >= 11 is 0. The van der Waals surface area contributed by atoms with Gasteiger partial charge < -0.3 is 9.47 Å². The fourth-order valence-corrected chi connectivity index (χ4v) is 1.63. The van der Waals surface area contributed by atoms with Crippen molar-refractivity contribution in [3.63, 3.8) is 0 Å². The molecule has 2 amide bonds. The van der Waals surface area contributed by atoms with Crippen molar-refractivity contribution in [3.8, 4) is 5.75 Å². The summed E-state index contributed by atoms with van der Waals surface area (Å²) in [7, 11) is 0. The molecule has 1 rings (SSSR count). The third-order valence-electron chi connectivity index (χ3n) is 2.67. The van der Waals surface area contributed by atoms with Crippen molar-refractivity contribution >= 4 is 17.8 Å². The molecule has 0 saturated carbocycles. The first-order valence-electron chi connectivity index (χ1n) is 7.16. The topological polar surface area (TPSA) is 93.7 Å². The Morgan fingerprint density at radius 1 is 1.17 bits per heavy atom. The molecule has 0 aliphatic carbocycles. The van der Waals surface area contributed by atoms with Crippen LogP contribution in [-0.4, -0.2) is 31.0 Å². The van der Waals surface area contributed by atoms with Crippen LogP contribution in [0.4, 0.5) is 0 Å². The largest absolute Gasteiger partial charge is 0.489 e. The molecule has 0 saturated heterocycles. The molecule has 0 fully saturated rings. The molecule has 0 radical (unpaired) electrons. The van der Waals surface area contributed by atoms with E-state index in [1.807, 2.05) is 0 Å². The van der Waals surface area contributed by atoms with Gasteiger partial charge in [-0.05, 0) is 19.1 Å². The van der Waals surface area contributed by atoms with Gasteiger partial charge in [-0.3, -0.25) is 25.2 Å². The highest BCUT2D eigenvalue weighted by Gasteiger charge is 2.13. The number of esters is 1. The predicted molar refractivity (Wildman–Crippen MR) is 83.6 cm³/mol. The number of ether oxygens (including phenoxy) is 2. The number of carbonyl (C=O) groups excluding carboxylic acids is 3. The van der Waals surface area contributed by atoms with E-state index in [1.165, 1.54) is 0 Å². The van der Waals surface area contributed by atoms with Gasteiger partial charge in [-0.2, -0.15) is 0 Å². The molecule has 124 valence electrons. The second-order valence-electron chi connectivity index (χ2n) is 4.40. The van der Waals surface area contributed by atoms with Crippen LogP contribution >= 0.6 is 0 Å². The highest BCUT2D eigenvalue weighted by Crippen LogP contribution is 2.17. The molecular weight excluding hydrogens is 300 g/mol. The van der Waals surface area contributed by atoms with Crippen molar-refractivity contribution in [2.45, 2.75) is 19.8 Å². The quantitative estimate of drug-likeness (QED) is 0.428. The second kappa shape index (κ2) is 9.99. The van der Waals surface area contributed by atoms with Crippen molar-refractivity contribution in [2.75, 3.05) is 13.2 Å². The molecule has 2 N–H and O–H groups in total. The summed E-state index contributed by atoms with van der Waals surface area (Å²) in [5, 5.41) is 0. The van der Waals surface area contributed by atoms with Gasteiger partial charge in [0, 0.05) is 6.42 Å². The van der Waals surface area contributed by atoms with Crippen molar-refractivity contribution in [1.29, 1.82) is 0 Å². The highest BCUT2D eigenvalue weighted by atomic mass is 16.5. The summed E-state index contributed by atoms with van der Waals surface area (Å²) in [5.41, 5.74) is 4.79. The van der Waals surface area contributed by atoms with Crippen LogP contribution in [0.25, 0.3) is 0 Å². The zero-order valence-corrected chi connectivity index (χ0v) is 13.0. The molecule has 7 heteroatoms. The zero-order chi connectivity index (χ0) is 17.1. The summed E-state index contributed by atoms with van der Waals surface area (Å²) in [6.45, 7) is 5.74. The number of amides is 2. The molecule has 0 aliphatic heterocycles. The van der Waals surface area contributed by atoms with E-state index in [0.717, 1.165) is 0 Å². The number of rotatable bonds is 8. The van der Waals surface area contributed by atoms with Crippen LogP contribution in [0, 0.1) is 0 Å². The summed E-state index contributed by atoms with van der Waals surface area (Å²) in [5.74, 6) is -1.09. The predicted octanol–water partition coefficient (Wildman–Crippen LogP) is 1.36. The van der Waals surface area contributed by atoms with E-state index in [-0.39, 0.29) is 31.6 Å². The molecular formula is C16H20N2O5. The maximum absolute atomic E-state index is 12.1. The lowest BCUT2D eigenvalue weighted by molar-refractivity contribution is -0.144. The molecule has 0 atom stereocenters. The van der Waals surface area contributed by atoms with Crippen LogP contribution in [0.2, 0.25) is 0 Å². The van der Waals surface area contributed by atoms with Gasteiger partial charge in [-0.25, -0.2) is 0 Å². The van der Waals surface area contributed by atoms with Crippen molar-refractivity contribution in [1.82, 2.24) is 10.9 Å². The van der Waals surface area contributed by atoms with E-state index in [0.29, 0.717) is 5.75 Å². The molecule has 0 aromatic heterocycles. The van der Waals surface area contributed by atoms with Crippen LogP contribution in [0.1, 0.15) is 30.1 Å². The lowest BCUT2D eigenvalue weighted by atomic mass is 10.2. The molecule has 0 heterocycles. The zero-order valence-electron chi connectivity index (χ0n) is 13.0. The van der Waals surface area contributed by atoms with Crippen LogP contribution in [0.5, 0.6) is 5.75 Å². The smallest absolute Gasteiger partial charge is 0.306 e. The standard InChI is InChI=1S/C16H20N2O5/c1-3-11-23-13-8-6-5-7-12(13)16(21)18-17-14(19)9-10-15(20)22-4-2/h3,5-8H,1,4,9-11H2,2H3,(H,17,19)(H,18,21). The number of nitrogens with one attached hydrogen (secondary N) is 2. The highest BCUT2D eigenvalue weighted by molar-refractivity contribution is 5.98. The molecule has 0 spiro atoms. The Hall–Kier alpha value is -2.83. The van der Waals surface area contributed by atoms with Gasteiger partial charge in [0.05, 0.1) is 18.6 Å². The summed E-state index contributed by atoms with van der Waals surface area (Å²) in [6.07, 6.45) is 1.44. The Labute approximate surface area is 134 Å². The van der Waals surface area contributed by atoms with E-state index < -0.39 is 17.8 Å². The number of para-hydroxylation sites is 1. The normalized spacial score (nSPS) is 9.61.